The van der Waals surface area contributed by atoms with Gasteiger partial charge in [-0.25, -0.2) is 0 Å². The fourth-order valence-electron chi connectivity index (χ4n) is 1.64. The highest BCUT2D eigenvalue weighted by Crippen LogP contribution is 2.18. The molecule has 0 radical (unpaired) electrons. The molecule has 0 aliphatic rings. The second-order valence-corrected chi connectivity index (χ2v) is 4.78. The highest BCUT2D eigenvalue weighted by molar-refractivity contribution is 5.31. The average Bonchev–Trinajstić information content (AvgIpc) is 2.91. The van der Waals surface area contributed by atoms with Crippen molar-refractivity contribution in [3.05, 3.63) is 41.8 Å². The van der Waals surface area contributed by atoms with Crippen LogP contribution in [0.5, 0.6) is 11.5 Å². The van der Waals surface area contributed by atoms with Crippen LogP contribution in [0, 0.1) is 0 Å². The summed E-state index contributed by atoms with van der Waals surface area (Å²) >= 11 is 0. The van der Waals surface area contributed by atoms with Gasteiger partial charge in [-0.3, -0.25) is 0 Å². The molecule has 0 spiro atoms. The number of hydrogen-bond acceptors (Lipinski definition) is 5. The molecule has 1 aromatic heterocycles. The SMILES string of the molecule is COc1ccc(OCc2cc(CNC(C)C)no2)cc1. The zero-order valence-electron chi connectivity index (χ0n) is 12.1. The predicted molar refractivity (Wildman–Crippen MR) is 75.8 cm³/mol. The number of nitrogens with zero attached hydrogens (tertiary/aromatic N) is 1. The lowest BCUT2D eigenvalue weighted by molar-refractivity contribution is 0.248. The molecule has 0 aliphatic heterocycles. The van der Waals surface area contributed by atoms with Gasteiger partial charge in [-0.15, -0.1) is 0 Å². The largest absolute Gasteiger partial charge is 0.497 e. The minimum absolute atomic E-state index is 0.362. The fourth-order valence-corrected chi connectivity index (χ4v) is 1.64. The Hall–Kier alpha value is -2.01. The summed E-state index contributed by atoms with van der Waals surface area (Å²) in [5.74, 6) is 2.28. The van der Waals surface area contributed by atoms with Gasteiger partial charge in [0.05, 0.1) is 12.8 Å². The summed E-state index contributed by atoms with van der Waals surface area (Å²) in [6.07, 6.45) is 0. The van der Waals surface area contributed by atoms with Crippen molar-refractivity contribution in [2.75, 3.05) is 7.11 Å². The van der Waals surface area contributed by atoms with Crippen LogP contribution in [-0.2, 0) is 13.2 Å². The Morgan fingerprint density at radius 3 is 2.55 bits per heavy atom. The molecule has 1 N–H and O–H groups in total. The van der Waals surface area contributed by atoms with E-state index >= 15 is 0 Å². The summed E-state index contributed by atoms with van der Waals surface area (Å²) < 4.78 is 15.9. The van der Waals surface area contributed by atoms with Gasteiger partial charge in [0.1, 0.15) is 18.1 Å². The number of benzene rings is 1. The van der Waals surface area contributed by atoms with Crippen LogP contribution < -0.4 is 14.8 Å². The second-order valence-electron chi connectivity index (χ2n) is 4.78. The lowest BCUT2D eigenvalue weighted by Gasteiger charge is -2.04. The van der Waals surface area contributed by atoms with Gasteiger partial charge in [0.15, 0.2) is 5.76 Å². The molecule has 5 nitrogen and oxygen atoms in total. The van der Waals surface area contributed by atoms with Crippen molar-refractivity contribution in [2.24, 2.45) is 0 Å². The first kappa shape index (κ1) is 14.4. The van der Waals surface area contributed by atoms with Crippen LogP contribution >= 0.6 is 0 Å². The lowest BCUT2D eigenvalue weighted by atomic mass is 10.3. The Kier molecular flexibility index (Phi) is 5.01. The number of nitrogens with one attached hydrogen (secondary N) is 1. The molecule has 0 saturated carbocycles. The third-order valence-electron chi connectivity index (χ3n) is 2.74. The van der Waals surface area contributed by atoms with Gasteiger partial charge in [-0.05, 0) is 24.3 Å². The van der Waals surface area contributed by atoms with E-state index in [-0.39, 0.29) is 0 Å². The maximum absolute atomic E-state index is 5.62. The van der Waals surface area contributed by atoms with Crippen LogP contribution in [-0.4, -0.2) is 18.3 Å². The normalized spacial score (nSPS) is 10.8. The smallest absolute Gasteiger partial charge is 0.174 e. The third kappa shape index (κ3) is 4.28. The van der Waals surface area contributed by atoms with Crippen LogP contribution in [0.4, 0.5) is 0 Å². The van der Waals surface area contributed by atoms with E-state index in [9.17, 15) is 0 Å². The number of hydrogen-bond donors (Lipinski definition) is 1. The van der Waals surface area contributed by atoms with Gasteiger partial charge in [0.25, 0.3) is 0 Å². The van der Waals surface area contributed by atoms with Crippen molar-refractivity contribution in [1.29, 1.82) is 0 Å². The van der Waals surface area contributed by atoms with Crippen LogP contribution in [0.2, 0.25) is 0 Å². The molecule has 2 rings (SSSR count). The Morgan fingerprint density at radius 1 is 1.20 bits per heavy atom. The Morgan fingerprint density at radius 2 is 1.90 bits per heavy atom. The maximum atomic E-state index is 5.62. The van der Waals surface area contributed by atoms with Crippen molar-refractivity contribution in [3.8, 4) is 11.5 Å². The molecule has 0 fully saturated rings. The number of aromatic nitrogens is 1. The van der Waals surface area contributed by atoms with Gasteiger partial charge in [0.2, 0.25) is 0 Å². The molecule has 108 valence electrons. The van der Waals surface area contributed by atoms with Crippen LogP contribution in [0.1, 0.15) is 25.3 Å². The first-order valence-corrected chi connectivity index (χ1v) is 6.62. The number of methoxy groups -OCH3 is 1. The summed E-state index contributed by atoms with van der Waals surface area (Å²) in [4.78, 5) is 0. The lowest BCUT2D eigenvalue weighted by Crippen LogP contribution is -2.21. The van der Waals surface area contributed by atoms with Crippen molar-refractivity contribution in [1.82, 2.24) is 10.5 Å². The average molecular weight is 276 g/mol. The van der Waals surface area contributed by atoms with E-state index in [1.54, 1.807) is 7.11 Å². The first-order chi connectivity index (χ1) is 9.67. The molecule has 2 aromatic rings. The van der Waals surface area contributed by atoms with E-state index in [4.69, 9.17) is 14.0 Å². The van der Waals surface area contributed by atoms with Gasteiger partial charge >= 0.3 is 0 Å². The molecule has 0 bridgehead atoms. The minimum Gasteiger partial charge on any atom is -0.497 e. The summed E-state index contributed by atoms with van der Waals surface area (Å²) in [5, 5.41) is 7.27. The van der Waals surface area contributed by atoms with E-state index in [1.165, 1.54) is 0 Å². The standard InChI is InChI=1S/C15H20N2O3/c1-11(2)16-9-12-8-15(20-17-12)10-19-14-6-4-13(18-3)5-7-14/h4-8,11,16H,9-10H2,1-3H3. The van der Waals surface area contributed by atoms with Crippen molar-refractivity contribution < 1.29 is 14.0 Å². The van der Waals surface area contributed by atoms with Crippen molar-refractivity contribution >= 4 is 0 Å². The molecular weight excluding hydrogens is 256 g/mol. The molecule has 0 unspecified atom stereocenters. The van der Waals surface area contributed by atoms with E-state index < -0.39 is 0 Å². The van der Waals surface area contributed by atoms with Crippen molar-refractivity contribution in [3.63, 3.8) is 0 Å². The summed E-state index contributed by atoms with van der Waals surface area (Å²) in [7, 11) is 1.64. The maximum Gasteiger partial charge on any atom is 0.174 e. The molecule has 0 aliphatic carbocycles. The van der Waals surface area contributed by atoms with Gasteiger partial charge < -0.3 is 19.3 Å². The number of ether oxygens (including phenoxy) is 2. The van der Waals surface area contributed by atoms with Crippen LogP contribution in [0.25, 0.3) is 0 Å². The third-order valence-corrected chi connectivity index (χ3v) is 2.74. The fraction of sp³-hybridized carbons (Fsp3) is 0.400. The predicted octanol–water partition coefficient (Wildman–Crippen LogP) is 2.76. The quantitative estimate of drug-likeness (QED) is 0.842. The summed E-state index contributed by atoms with van der Waals surface area (Å²) in [6.45, 7) is 5.24. The molecule has 0 amide bonds. The second kappa shape index (κ2) is 6.96. The van der Waals surface area contributed by atoms with E-state index in [0.717, 1.165) is 17.2 Å². The summed E-state index contributed by atoms with van der Waals surface area (Å²) in [6, 6.07) is 9.75. The highest BCUT2D eigenvalue weighted by Gasteiger charge is 2.05. The highest BCUT2D eigenvalue weighted by atomic mass is 16.5. The zero-order valence-corrected chi connectivity index (χ0v) is 12.1. The van der Waals surface area contributed by atoms with Gasteiger partial charge in [-0.1, -0.05) is 19.0 Å². The van der Waals surface area contributed by atoms with Crippen LogP contribution in [0.15, 0.2) is 34.9 Å². The molecule has 1 aromatic carbocycles. The van der Waals surface area contributed by atoms with Gasteiger partial charge in [0, 0.05) is 18.7 Å². The van der Waals surface area contributed by atoms with Crippen molar-refractivity contribution in [2.45, 2.75) is 33.0 Å². The van der Waals surface area contributed by atoms with E-state index in [1.807, 2.05) is 30.3 Å². The zero-order chi connectivity index (χ0) is 14.4. The number of rotatable bonds is 7. The summed E-state index contributed by atoms with van der Waals surface area (Å²) in [5.41, 5.74) is 0.882. The Bertz CT molecular complexity index is 520. The first-order valence-electron chi connectivity index (χ1n) is 6.62. The molecule has 20 heavy (non-hydrogen) atoms. The molecule has 5 heteroatoms. The van der Waals surface area contributed by atoms with Crippen LogP contribution in [0.3, 0.4) is 0 Å². The van der Waals surface area contributed by atoms with Gasteiger partial charge in [-0.2, -0.15) is 0 Å². The molecular formula is C15H20N2O3. The van der Waals surface area contributed by atoms with E-state index in [2.05, 4.69) is 24.3 Å². The minimum atomic E-state index is 0.362. The Labute approximate surface area is 118 Å². The molecule has 1 heterocycles. The van der Waals surface area contributed by atoms with E-state index in [0.29, 0.717) is 25.0 Å². The molecule has 0 atom stereocenters. The topological polar surface area (TPSA) is 56.5 Å². The molecule has 0 saturated heterocycles. The Balaban J connectivity index is 1.84. The monoisotopic (exact) mass is 276 g/mol.